The third-order valence-electron chi connectivity index (χ3n) is 2.34. The van der Waals surface area contributed by atoms with Crippen LogP contribution in [0.25, 0.3) is 0 Å². The van der Waals surface area contributed by atoms with E-state index in [0.29, 0.717) is 0 Å². The van der Waals surface area contributed by atoms with E-state index in [-0.39, 0.29) is 11.3 Å². The molecule has 2 unspecified atom stereocenters. The van der Waals surface area contributed by atoms with Gasteiger partial charge in [0.25, 0.3) is 0 Å². The summed E-state index contributed by atoms with van der Waals surface area (Å²) in [5.41, 5.74) is 7.30. The lowest BCUT2D eigenvalue weighted by Gasteiger charge is -2.19. The molecule has 2 N–H and O–H groups in total. The van der Waals surface area contributed by atoms with Crippen LogP contribution >= 0.6 is 23.3 Å². The first-order valence-corrected chi connectivity index (χ1v) is 7.09. The monoisotopic (exact) mass is 265 g/mol. The van der Waals surface area contributed by atoms with Gasteiger partial charge in [0, 0.05) is 6.04 Å². The lowest BCUT2D eigenvalue weighted by Crippen LogP contribution is -2.22. The highest BCUT2D eigenvalue weighted by Crippen LogP contribution is 2.37. The molecule has 0 aliphatic heterocycles. The zero-order chi connectivity index (χ0) is 12.3. The molecule has 0 saturated carbocycles. The van der Waals surface area contributed by atoms with E-state index in [9.17, 15) is 0 Å². The molecular weight excluding hydrogens is 250 g/mol. The van der Waals surface area contributed by atoms with Crippen molar-refractivity contribution in [3.8, 4) is 0 Å². The first-order valence-electron chi connectivity index (χ1n) is 5.44. The third kappa shape index (κ3) is 3.28. The number of rotatable bonds is 4. The van der Waals surface area contributed by atoms with Gasteiger partial charge >= 0.3 is 0 Å². The van der Waals surface area contributed by atoms with Crippen molar-refractivity contribution in [2.75, 3.05) is 0 Å². The largest absolute Gasteiger partial charge is 0.327 e. The molecule has 0 amide bonds. The maximum Gasteiger partial charge on any atom is 0.170 e. The molecule has 1 heterocycles. The fraction of sp³-hybridized carbons (Fsp3) is 0.333. The Morgan fingerprint density at radius 2 is 2.00 bits per heavy atom. The Balaban J connectivity index is 2.19. The normalized spacial score (nSPS) is 14.5. The zero-order valence-corrected chi connectivity index (χ0v) is 11.5. The van der Waals surface area contributed by atoms with Gasteiger partial charge in [-0.3, -0.25) is 0 Å². The molecule has 2 rings (SSSR count). The molecule has 0 fully saturated rings. The summed E-state index contributed by atoms with van der Waals surface area (Å²) in [5.74, 6) is 0.828. The van der Waals surface area contributed by atoms with Gasteiger partial charge in [0.1, 0.15) is 5.82 Å². The Bertz CT molecular complexity index is 468. The number of hydrogen-bond donors (Lipinski definition) is 1. The van der Waals surface area contributed by atoms with E-state index in [1.807, 2.05) is 32.0 Å². The Morgan fingerprint density at radius 3 is 2.53 bits per heavy atom. The second-order valence-electron chi connectivity index (χ2n) is 3.92. The van der Waals surface area contributed by atoms with Crippen LogP contribution in [0.4, 0.5) is 0 Å². The van der Waals surface area contributed by atoms with Crippen molar-refractivity contribution in [3.63, 3.8) is 0 Å². The van der Waals surface area contributed by atoms with Gasteiger partial charge in [-0.25, -0.2) is 4.98 Å². The molecule has 0 radical (unpaired) electrons. The van der Waals surface area contributed by atoms with Gasteiger partial charge in [-0.1, -0.05) is 42.1 Å². The van der Waals surface area contributed by atoms with E-state index in [2.05, 4.69) is 21.5 Å². The van der Waals surface area contributed by atoms with Crippen molar-refractivity contribution in [1.29, 1.82) is 0 Å². The minimum atomic E-state index is 0.0756. The summed E-state index contributed by atoms with van der Waals surface area (Å²) in [4.78, 5) is 4.37. The van der Waals surface area contributed by atoms with Crippen molar-refractivity contribution < 1.29 is 0 Å². The molecule has 0 bridgehead atoms. The molecule has 0 spiro atoms. The van der Waals surface area contributed by atoms with E-state index in [4.69, 9.17) is 5.73 Å². The Kier molecular flexibility index (Phi) is 4.15. The first-order chi connectivity index (χ1) is 8.16. The molecule has 5 heteroatoms. The maximum absolute atomic E-state index is 6.06. The van der Waals surface area contributed by atoms with Crippen LogP contribution in [-0.4, -0.2) is 15.4 Å². The van der Waals surface area contributed by atoms with E-state index in [1.54, 1.807) is 11.8 Å². The standard InChI is InChI=1S/C12H15N3S2/c1-8(13)11(10-6-4-3-5-7-10)16-12-14-9(2)15-17-12/h3-8,11H,13H2,1-2H3. The molecule has 1 aromatic carbocycles. The summed E-state index contributed by atoms with van der Waals surface area (Å²) < 4.78 is 5.17. The molecule has 1 aromatic heterocycles. The lowest BCUT2D eigenvalue weighted by atomic mass is 10.1. The summed E-state index contributed by atoms with van der Waals surface area (Å²) in [5, 5.41) is 0.226. The molecule has 3 nitrogen and oxygen atoms in total. The van der Waals surface area contributed by atoms with Gasteiger partial charge in [0.2, 0.25) is 0 Å². The third-order valence-corrected chi connectivity index (χ3v) is 4.71. The average Bonchev–Trinajstić information content (AvgIpc) is 2.73. The number of nitrogens with zero attached hydrogens (tertiary/aromatic N) is 2. The first kappa shape index (κ1) is 12.5. The Labute approximate surface area is 110 Å². The molecule has 0 saturated heterocycles. The van der Waals surface area contributed by atoms with E-state index < -0.39 is 0 Å². The fourth-order valence-corrected chi connectivity index (χ4v) is 3.48. The smallest absolute Gasteiger partial charge is 0.170 e. The van der Waals surface area contributed by atoms with Crippen molar-refractivity contribution in [3.05, 3.63) is 41.7 Å². The molecule has 0 aliphatic carbocycles. The second-order valence-corrected chi connectivity index (χ2v) is 6.06. The Morgan fingerprint density at radius 1 is 1.29 bits per heavy atom. The topological polar surface area (TPSA) is 51.8 Å². The van der Waals surface area contributed by atoms with Gasteiger partial charge in [0.05, 0.1) is 5.25 Å². The number of aryl methyl sites for hydroxylation is 1. The molecule has 90 valence electrons. The zero-order valence-electron chi connectivity index (χ0n) is 9.83. The summed E-state index contributed by atoms with van der Waals surface area (Å²) in [6.45, 7) is 3.93. The van der Waals surface area contributed by atoms with Crippen LogP contribution in [0.2, 0.25) is 0 Å². The van der Waals surface area contributed by atoms with Gasteiger partial charge in [0.15, 0.2) is 4.34 Å². The summed E-state index contributed by atoms with van der Waals surface area (Å²) in [6.07, 6.45) is 0. The van der Waals surface area contributed by atoms with Gasteiger partial charge in [-0.05, 0) is 30.9 Å². The number of aromatic nitrogens is 2. The van der Waals surface area contributed by atoms with Crippen LogP contribution in [0.15, 0.2) is 34.7 Å². The highest BCUT2D eigenvalue weighted by molar-refractivity contribution is 8.01. The minimum Gasteiger partial charge on any atom is -0.327 e. The van der Waals surface area contributed by atoms with Crippen molar-refractivity contribution in [1.82, 2.24) is 9.36 Å². The highest BCUT2D eigenvalue weighted by Gasteiger charge is 2.19. The molecule has 17 heavy (non-hydrogen) atoms. The minimum absolute atomic E-state index is 0.0756. The fourth-order valence-electron chi connectivity index (χ4n) is 1.56. The van der Waals surface area contributed by atoms with Crippen molar-refractivity contribution >= 4 is 23.3 Å². The SMILES string of the molecule is Cc1nsc(SC(c2ccccc2)C(C)N)n1. The molecular formula is C12H15N3S2. The molecule has 0 aliphatic rings. The van der Waals surface area contributed by atoms with E-state index in [0.717, 1.165) is 10.2 Å². The van der Waals surface area contributed by atoms with Crippen LogP contribution in [0.5, 0.6) is 0 Å². The van der Waals surface area contributed by atoms with E-state index in [1.165, 1.54) is 17.1 Å². The lowest BCUT2D eigenvalue weighted by molar-refractivity contribution is 0.721. The molecule has 2 aromatic rings. The number of hydrogen-bond acceptors (Lipinski definition) is 5. The second kappa shape index (κ2) is 5.62. The molecule has 2 atom stereocenters. The highest BCUT2D eigenvalue weighted by atomic mass is 32.2. The number of benzene rings is 1. The predicted octanol–water partition coefficient (Wildman–Crippen LogP) is 3.03. The average molecular weight is 265 g/mol. The summed E-state index contributed by atoms with van der Waals surface area (Å²) in [7, 11) is 0. The van der Waals surface area contributed by atoms with Crippen LogP contribution in [0.3, 0.4) is 0 Å². The maximum atomic E-state index is 6.06. The van der Waals surface area contributed by atoms with E-state index >= 15 is 0 Å². The summed E-state index contributed by atoms with van der Waals surface area (Å²) >= 11 is 3.13. The van der Waals surface area contributed by atoms with Gasteiger partial charge < -0.3 is 5.73 Å². The van der Waals surface area contributed by atoms with Crippen molar-refractivity contribution in [2.45, 2.75) is 29.5 Å². The Hall–Kier alpha value is -0.910. The number of nitrogens with two attached hydrogens (primary N) is 1. The van der Waals surface area contributed by atoms with Crippen molar-refractivity contribution in [2.24, 2.45) is 5.73 Å². The quantitative estimate of drug-likeness (QED) is 0.863. The van der Waals surface area contributed by atoms with Crippen LogP contribution in [0, 0.1) is 6.92 Å². The number of thioether (sulfide) groups is 1. The van der Waals surface area contributed by atoms with Gasteiger partial charge in [-0.2, -0.15) is 4.37 Å². The van der Waals surface area contributed by atoms with Crippen LogP contribution < -0.4 is 5.73 Å². The summed E-state index contributed by atoms with van der Waals surface area (Å²) in [6, 6.07) is 10.4. The van der Waals surface area contributed by atoms with Gasteiger partial charge in [-0.15, -0.1) is 0 Å². The van der Waals surface area contributed by atoms with Crippen LogP contribution in [-0.2, 0) is 0 Å². The van der Waals surface area contributed by atoms with Crippen LogP contribution in [0.1, 0.15) is 23.6 Å². The predicted molar refractivity (Wildman–Crippen MR) is 73.3 cm³/mol.